The second-order valence-corrected chi connectivity index (χ2v) is 4.58. The highest BCUT2D eigenvalue weighted by atomic mass is 16.4. The van der Waals surface area contributed by atoms with Crippen molar-refractivity contribution in [2.75, 3.05) is 19.6 Å². The maximum atomic E-state index is 11.9. The third kappa shape index (κ3) is 3.12. The minimum Gasteiger partial charge on any atom is -0.481 e. The molecule has 0 unspecified atom stereocenters. The Hall–Kier alpha value is -1.78. The third-order valence-electron chi connectivity index (χ3n) is 3.33. The van der Waals surface area contributed by atoms with Gasteiger partial charge in [-0.2, -0.15) is 0 Å². The van der Waals surface area contributed by atoms with Crippen LogP contribution in [-0.2, 0) is 4.79 Å². The Balaban J connectivity index is 2.50. The van der Waals surface area contributed by atoms with Gasteiger partial charge in [-0.1, -0.05) is 18.6 Å². The lowest BCUT2D eigenvalue weighted by Crippen LogP contribution is -2.50. The Kier molecular flexibility index (Phi) is 4.95. The molecule has 5 nitrogen and oxygen atoms in total. The number of urea groups is 1. The van der Waals surface area contributed by atoms with Crippen molar-refractivity contribution in [3.05, 3.63) is 25.3 Å². The Morgan fingerprint density at radius 1 is 1.28 bits per heavy atom. The number of carboxylic acid groups (broad SMARTS) is 1. The van der Waals surface area contributed by atoms with E-state index in [1.807, 2.05) is 0 Å². The van der Waals surface area contributed by atoms with E-state index in [9.17, 15) is 9.59 Å². The predicted octanol–water partition coefficient (Wildman–Crippen LogP) is 1.62. The molecule has 0 aromatic rings. The number of hydrogen-bond donors (Lipinski definition) is 2. The summed E-state index contributed by atoms with van der Waals surface area (Å²) in [4.78, 5) is 24.5. The Bertz CT molecular complexity index is 338. The molecule has 18 heavy (non-hydrogen) atoms. The SMILES string of the molecule is C=CCN(CC=C)C(=O)NCC1(C(=O)O)CCC1. The van der Waals surface area contributed by atoms with Crippen molar-refractivity contribution in [2.24, 2.45) is 5.41 Å². The van der Waals surface area contributed by atoms with Crippen molar-refractivity contribution in [3.8, 4) is 0 Å². The van der Waals surface area contributed by atoms with Gasteiger partial charge in [0.05, 0.1) is 5.41 Å². The maximum absolute atomic E-state index is 11.9. The Morgan fingerprint density at radius 2 is 1.83 bits per heavy atom. The largest absolute Gasteiger partial charge is 0.481 e. The van der Waals surface area contributed by atoms with Crippen LogP contribution >= 0.6 is 0 Å². The Morgan fingerprint density at radius 3 is 2.17 bits per heavy atom. The lowest BCUT2D eigenvalue weighted by Gasteiger charge is -2.38. The molecule has 0 spiro atoms. The number of nitrogens with one attached hydrogen (secondary N) is 1. The first-order valence-electron chi connectivity index (χ1n) is 6.04. The van der Waals surface area contributed by atoms with Gasteiger partial charge in [-0.25, -0.2) is 4.79 Å². The number of carboxylic acids is 1. The number of carbonyl (C=O) groups excluding carboxylic acids is 1. The van der Waals surface area contributed by atoms with Crippen molar-refractivity contribution in [3.63, 3.8) is 0 Å². The summed E-state index contributed by atoms with van der Waals surface area (Å²) in [6.45, 7) is 8.17. The van der Waals surface area contributed by atoms with E-state index in [-0.39, 0.29) is 12.6 Å². The lowest BCUT2D eigenvalue weighted by molar-refractivity contribution is -0.153. The smallest absolute Gasteiger partial charge is 0.317 e. The molecule has 1 aliphatic rings. The first-order chi connectivity index (χ1) is 8.55. The molecular weight excluding hydrogens is 232 g/mol. The van der Waals surface area contributed by atoms with Crippen molar-refractivity contribution < 1.29 is 14.7 Å². The van der Waals surface area contributed by atoms with E-state index in [0.717, 1.165) is 6.42 Å². The summed E-state index contributed by atoms with van der Waals surface area (Å²) in [5, 5.41) is 11.8. The van der Waals surface area contributed by atoms with Crippen LogP contribution in [0.4, 0.5) is 4.79 Å². The highest BCUT2D eigenvalue weighted by Crippen LogP contribution is 2.40. The summed E-state index contributed by atoms with van der Waals surface area (Å²) in [5.41, 5.74) is -0.760. The van der Waals surface area contributed by atoms with Gasteiger partial charge in [-0.05, 0) is 12.8 Å². The summed E-state index contributed by atoms with van der Waals surface area (Å²) in [6, 6.07) is -0.276. The fraction of sp³-hybridized carbons (Fsp3) is 0.538. The van der Waals surface area contributed by atoms with E-state index in [1.165, 1.54) is 4.90 Å². The van der Waals surface area contributed by atoms with Gasteiger partial charge in [0.15, 0.2) is 0 Å². The minimum atomic E-state index is -0.826. The number of carbonyl (C=O) groups is 2. The molecule has 5 heteroatoms. The number of hydrogen-bond acceptors (Lipinski definition) is 2. The normalized spacial score (nSPS) is 16.2. The van der Waals surface area contributed by atoms with Crippen LogP contribution in [0.25, 0.3) is 0 Å². The minimum absolute atomic E-state index is 0.186. The van der Waals surface area contributed by atoms with Crippen molar-refractivity contribution in [1.29, 1.82) is 0 Å². The molecule has 0 bridgehead atoms. The molecule has 0 heterocycles. The molecule has 0 radical (unpaired) electrons. The highest BCUT2D eigenvalue weighted by molar-refractivity contribution is 5.79. The maximum Gasteiger partial charge on any atom is 0.317 e. The fourth-order valence-electron chi connectivity index (χ4n) is 1.98. The fourth-order valence-corrected chi connectivity index (χ4v) is 1.98. The number of amides is 2. The molecule has 1 fully saturated rings. The zero-order chi connectivity index (χ0) is 13.6. The van der Waals surface area contributed by atoms with Gasteiger partial charge in [0.25, 0.3) is 0 Å². The van der Waals surface area contributed by atoms with Crippen LogP contribution in [0.1, 0.15) is 19.3 Å². The second-order valence-electron chi connectivity index (χ2n) is 4.58. The van der Waals surface area contributed by atoms with Gasteiger partial charge in [-0.3, -0.25) is 4.79 Å². The molecule has 1 aliphatic carbocycles. The summed E-state index contributed by atoms with van der Waals surface area (Å²) >= 11 is 0. The highest BCUT2D eigenvalue weighted by Gasteiger charge is 2.44. The second kappa shape index (κ2) is 6.23. The molecule has 0 aromatic heterocycles. The van der Waals surface area contributed by atoms with Crippen molar-refractivity contribution in [1.82, 2.24) is 10.2 Å². The van der Waals surface area contributed by atoms with E-state index >= 15 is 0 Å². The van der Waals surface area contributed by atoms with Gasteiger partial charge < -0.3 is 15.3 Å². The molecule has 2 amide bonds. The third-order valence-corrected chi connectivity index (χ3v) is 3.33. The first kappa shape index (κ1) is 14.3. The van der Waals surface area contributed by atoms with Crippen molar-refractivity contribution >= 4 is 12.0 Å². The summed E-state index contributed by atoms with van der Waals surface area (Å²) in [7, 11) is 0. The lowest BCUT2D eigenvalue weighted by atomic mass is 9.69. The summed E-state index contributed by atoms with van der Waals surface area (Å²) in [5.74, 6) is -0.826. The molecule has 1 saturated carbocycles. The average molecular weight is 252 g/mol. The molecule has 2 N–H and O–H groups in total. The summed E-state index contributed by atoms with van der Waals surface area (Å²) < 4.78 is 0. The number of aliphatic carboxylic acids is 1. The van der Waals surface area contributed by atoms with Crippen LogP contribution < -0.4 is 5.32 Å². The van der Waals surface area contributed by atoms with E-state index in [4.69, 9.17) is 5.11 Å². The van der Waals surface area contributed by atoms with Crippen LogP contribution in [0.15, 0.2) is 25.3 Å². The molecule has 1 rings (SSSR count). The zero-order valence-electron chi connectivity index (χ0n) is 10.5. The van der Waals surface area contributed by atoms with Crippen LogP contribution in [0.2, 0.25) is 0 Å². The summed E-state index contributed by atoms with van der Waals surface area (Å²) in [6.07, 6.45) is 5.42. The number of nitrogens with zero attached hydrogens (tertiary/aromatic N) is 1. The van der Waals surface area contributed by atoms with E-state index < -0.39 is 11.4 Å². The van der Waals surface area contributed by atoms with Crippen LogP contribution in [0.3, 0.4) is 0 Å². The molecule has 0 saturated heterocycles. The Labute approximate surface area is 107 Å². The molecule has 0 aromatic carbocycles. The number of rotatable bonds is 7. The average Bonchev–Trinajstić information content (AvgIpc) is 2.26. The van der Waals surface area contributed by atoms with Gasteiger partial charge in [0.2, 0.25) is 0 Å². The van der Waals surface area contributed by atoms with Crippen LogP contribution in [0, 0.1) is 5.41 Å². The van der Waals surface area contributed by atoms with Gasteiger partial charge in [0.1, 0.15) is 0 Å². The first-order valence-corrected chi connectivity index (χ1v) is 6.04. The van der Waals surface area contributed by atoms with E-state index in [2.05, 4.69) is 18.5 Å². The molecule has 0 atom stereocenters. The topological polar surface area (TPSA) is 69.6 Å². The van der Waals surface area contributed by atoms with Crippen molar-refractivity contribution in [2.45, 2.75) is 19.3 Å². The van der Waals surface area contributed by atoms with Crippen LogP contribution in [0.5, 0.6) is 0 Å². The predicted molar refractivity (Wildman–Crippen MR) is 69.3 cm³/mol. The van der Waals surface area contributed by atoms with E-state index in [1.54, 1.807) is 12.2 Å². The van der Waals surface area contributed by atoms with Crippen LogP contribution in [-0.4, -0.2) is 41.6 Å². The quantitative estimate of drug-likeness (QED) is 0.676. The molecular formula is C13H20N2O3. The molecule has 100 valence electrons. The molecule has 0 aliphatic heterocycles. The standard InChI is InChI=1S/C13H20N2O3/c1-3-8-15(9-4-2)12(18)14-10-13(11(16)17)6-5-7-13/h3-4H,1-2,5-10H2,(H,14,18)(H,16,17). The van der Waals surface area contributed by atoms with Gasteiger partial charge >= 0.3 is 12.0 Å². The zero-order valence-corrected chi connectivity index (χ0v) is 10.5. The van der Waals surface area contributed by atoms with Gasteiger partial charge in [0, 0.05) is 19.6 Å². The monoisotopic (exact) mass is 252 g/mol. The van der Waals surface area contributed by atoms with E-state index in [0.29, 0.717) is 25.9 Å². The van der Waals surface area contributed by atoms with Gasteiger partial charge in [-0.15, -0.1) is 13.2 Å².